The number of piperidine rings is 1. The van der Waals surface area contributed by atoms with Gasteiger partial charge in [-0.25, -0.2) is 9.78 Å². The summed E-state index contributed by atoms with van der Waals surface area (Å²) in [6.07, 6.45) is 10.8. The van der Waals surface area contributed by atoms with Crippen molar-refractivity contribution in [3.05, 3.63) is 47.1 Å². The maximum absolute atomic E-state index is 13.2. The topological polar surface area (TPSA) is 77.2 Å². The van der Waals surface area contributed by atoms with Crippen LogP contribution in [-0.2, 0) is 12.6 Å². The number of hydrogen-bond donors (Lipinski definition) is 1. The summed E-state index contributed by atoms with van der Waals surface area (Å²) in [5.74, 6) is 0.662. The van der Waals surface area contributed by atoms with Crippen molar-refractivity contribution in [2.75, 3.05) is 38.1 Å². The third kappa shape index (κ3) is 3.42. The Morgan fingerprint density at radius 1 is 1.06 bits per heavy atom. The molecule has 3 aromatic heterocycles. The van der Waals surface area contributed by atoms with Gasteiger partial charge in [0, 0.05) is 43.5 Å². The monoisotopic (exact) mass is 484 g/mol. The van der Waals surface area contributed by atoms with E-state index < -0.39 is 0 Å². The number of benzene rings is 1. The summed E-state index contributed by atoms with van der Waals surface area (Å²) in [5, 5.41) is 4.73. The van der Waals surface area contributed by atoms with E-state index in [1.165, 1.54) is 32.4 Å². The SMILES string of the molecule is Cn1c(=O)n2c3c4c(c(-c5ccc(OCCCN6CCCCC6)nc5)ccc4ncc31)NCC21CC1. The summed E-state index contributed by atoms with van der Waals surface area (Å²) in [4.78, 5) is 25.1. The van der Waals surface area contributed by atoms with Crippen LogP contribution in [-0.4, -0.2) is 56.8 Å². The van der Waals surface area contributed by atoms with E-state index in [4.69, 9.17) is 9.72 Å². The summed E-state index contributed by atoms with van der Waals surface area (Å²) in [6.45, 7) is 4.95. The first-order valence-electron chi connectivity index (χ1n) is 13.2. The van der Waals surface area contributed by atoms with E-state index >= 15 is 0 Å². The minimum absolute atomic E-state index is 0.0420. The molecule has 1 spiro atoms. The fraction of sp³-hybridized carbons (Fsp3) is 0.464. The predicted octanol–water partition coefficient (Wildman–Crippen LogP) is 4.12. The van der Waals surface area contributed by atoms with Crippen molar-refractivity contribution in [1.29, 1.82) is 0 Å². The second kappa shape index (κ2) is 8.34. The molecule has 1 saturated carbocycles. The van der Waals surface area contributed by atoms with Gasteiger partial charge in [0.05, 0.1) is 46.0 Å². The number of likely N-dealkylation sites (tertiary alicyclic amines) is 1. The molecule has 0 radical (unpaired) electrons. The lowest BCUT2D eigenvalue weighted by molar-refractivity contribution is 0.203. The van der Waals surface area contributed by atoms with Gasteiger partial charge in [-0.3, -0.25) is 14.1 Å². The third-order valence-electron chi connectivity index (χ3n) is 8.31. The molecule has 7 rings (SSSR count). The Labute approximate surface area is 209 Å². The van der Waals surface area contributed by atoms with Gasteiger partial charge in [-0.2, -0.15) is 0 Å². The molecule has 1 saturated heterocycles. The first-order chi connectivity index (χ1) is 17.6. The number of aromatic nitrogens is 4. The lowest BCUT2D eigenvalue weighted by atomic mass is 10.0. The average Bonchev–Trinajstić information content (AvgIpc) is 3.67. The maximum atomic E-state index is 13.2. The van der Waals surface area contributed by atoms with Crippen LogP contribution in [0.4, 0.5) is 5.69 Å². The summed E-state index contributed by atoms with van der Waals surface area (Å²) >= 11 is 0. The summed E-state index contributed by atoms with van der Waals surface area (Å²) in [6, 6.07) is 8.20. The number of ether oxygens (including phenoxy) is 1. The predicted molar refractivity (Wildman–Crippen MR) is 142 cm³/mol. The quantitative estimate of drug-likeness (QED) is 0.415. The van der Waals surface area contributed by atoms with E-state index in [1.807, 2.05) is 36.1 Å². The highest BCUT2D eigenvalue weighted by Crippen LogP contribution is 2.49. The molecule has 0 amide bonds. The Balaban J connectivity index is 1.19. The van der Waals surface area contributed by atoms with E-state index in [0.717, 1.165) is 71.1 Å². The molecule has 5 heterocycles. The summed E-state index contributed by atoms with van der Waals surface area (Å²) in [7, 11) is 1.85. The molecule has 4 aromatic rings. The lowest BCUT2D eigenvalue weighted by Crippen LogP contribution is -2.35. The van der Waals surface area contributed by atoms with Crippen LogP contribution in [0.15, 0.2) is 41.5 Å². The zero-order chi connectivity index (χ0) is 24.3. The van der Waals surface area contributed by atoms with Gasteiger partial charge in [-0.1, -0.05) is 12.5 Å². The largest absolute Gasteiger partial charge is 0.478 e. The number of pyridine rings is 2. The number of hydrogen-bond acceptors (Lipinski definition) is 6. The standard InChI is InChI=1S/C28H32N6O2/c1-32-22-17-29-21-8-7-20(25-24(21)26(22)34(27(32)35)28(10-11-28)18-31-25)19-6-9-23(30-16-19)36-15-5-14-33-12-3-2-4-13-33/h6-9,16-17,31H,2-5,10-15,18H2,1H3. The van der Waals surface area contributed by atoms with Crippen molar-refractivity contribution in [3.8, 4) is 17.0 Å². The Bertz CT molecular complexity index is 1510. The smallest absolute Gasteiger partial charge is 0.329 e. The summed E-state index contributed by atoms with van der Waals surface area (Å²) in [5.41, 5.74) is 5.79. The molecule has 8 nitrogen and oxygen atoms in total. The van der Waals surface area contributed by atoms with Gasteiger partial charge < -0.3 is 15.0 Å². The molecule has 0 unspecified atom stereocenters. The molecular formula is C28H32N6O2. The minimum Gasteiger partial charge on any atom is -0.478 e. The third-order valence-corrected chi connectivity index (χ3v) is 8.31. The normalized spacial score (nSPS) is 18.6. The number of aryl methyl sites for hydroxylation is 1. The lowest BCUT2D eigenvalue weighted by Gasteiger charge is -2.26. The molecule has 3 aliphatic rings. The fourth-order valence-electron chi connectivity index (χ4n) is 6.09. The van der Waals surface area contributed by atoms with E-state index in [2.05, 4.69) is 27.3 Å². The van der Waals surface area contributed by atoms with Crippen molar-refractivity contribution < 1.29 is 4.74 Å². The van der Waals surface area contributed by atoms with Gasteiger partial charge in [-0.15, -0.1) is 0 Å². The van der Waals surface area contributed by atoms with Gasteiger partial charge in [0.1, 0.15) is 0 Å². The number of anilines is 1. The Morgan fingerprint density at radius 3 is 2.69 bits per heavy atom. The number of nitrogens with one attached hydrogen (secondary N) is 1. The van der Waals surface area contributed by atoms with E-state index in [0.29, 0.717) is 12.5 Å². The first kappa shape index (κ1) is 21.9. The second-order valence-corrected chi connectivity index (χ2v) is 10.6. The van der Waals surface area contributed by atoms with Crippen LogP contribution >= 0.6 is 0 Å². The van der Waals surface area contributed by atoms with Gasteiger partial charge >= 0.3 is 5.69 Å². The number of nitrogens with zero attached hydrogens (tertiary/aromatic N) is 5. The van der Waals surface area contributed by atoms with Crippen LogP contribution in [0.2, 0.25) is 0 Å². The highest BCUT2D eigenvalue weighted by atomic mass is 16.5. The molecule has 0 atom stereocenters. The molecule has 36 heavy (non-hydrogen) atoms. The Morgan fingerprint density at radius 2 is 1.92 bits per heavy atom. The van der Waals surface area contributed by atoms with Crippen molar-refractivity contribution in [2.24, 2.45) is 7.05 Å². The highest BCUT2D eigenvalue weighted by molar-refractivity contribution is 6.13. The molecule has 186 valence electrons. The van der Waals surface area contributed by atoms with Crippen molar-refractivity contribution in [2.45, 2.75) is 44.1 Å². The van der Waals surface area contributed by atoms with Crippen LogP contribution < -0.4 is 15.7 Å². The zero-order valence-electron chi connectivity index (χ0n) is 20.8. The number of rotatable bonds is 6. The van der Waals surface area contributed by atoms with Gasteiger partial charge in [-0.05, 0) is 57.3 Å². The van der Waals surface area contributed by atoms with Gasteiger partial charge in [0.15, 0.2) is 0 Å². The highest BCUT2D eigenvalue weighted by Gasteiger charge is 2.48. The van der Waals surface area contributed by atoms with Crippen molar-refractivity contribution in [3.63, 3.8) is 0 Å². The molecule has 1 aromatic carbocycles. The van der Waals surface area contributed by atoms with Crippen LogP contribution in [0.25, 0.3) is 33.1 Å². The van der Waals surface area contributed by atoms with Crippen LogP contribution in [0, 0.1) is 0 Å². The average molecular weight is 485 g/mol. The van der Waals surface area contributed by atoms with Crippen molar-refractivity contribution in [1.82, 2.24) is 24.0 Å². The van der Waals surface area contributed by atoms with Crippen LogP contribution in [0.5, 0.6) is 5.88 Å². The molecule has 2 fully saturated rings. The molecule has 2 aliphatic heterocycles. The van der Waals surface area contributed by atoms with E-state index in [9.17, 15) is 4.79 Å². The minimum atomic E-state index is -0.148. The van der Waals surface area contributed by atoms with Gasteiger partial charge in [0.25, 0.3) is 0 Å². The number of imidazole rings is 1. The molecule has 1 N–H and O–H groups in total. The van der Waals surface area contributed by atoms with Crippen molar-refractivity contribution >= 4 is 27.6 Å². The fourth-order valence-corrected chi connectivity index (χ4v) is 6.09. The molecule has 8 heteroatoms. The second-order valence-electron chi connectivity index (χ2n) is 10.6. The zero-order valence-corrected chi connectivity index (χ0v) is 20.8. The van der Waals surface area contributed by atoms with Gasteiger partial charge in [0.2, 0.25) is 5.88 Å². The van der Waals surface area contributed by atoms with E-state index in [-0.39, 0.29) is 11.2 Å². The molecule has 1 aliphatic carbocycles. The first-order valence-corrected chi connectivity index (χ1v) is 13.2. The Kier molecular flexibility index (Phi) is 5.06. The Hall–Kier alpha value is -3.39. The van der Waals surface area contributed by atoms with Crippen LogP contribution in [0.3, 0.4) is 0 Å². The number of fused-ring (bicyclic) bond motifs is 1. The molecular weight excluding hydrogens is 452 g/mol. The summed E-state index contributed by atoms with van der Waals surface area (Å²) < 4.78 is 9.71. The molecule has 0 bridgehead atoms. The maximum Gasteiger partial charge on any atom is 0.329 e. The van der Waals surface area contributed by atoms with Crippen LogP contribution in [0.1, 0.15) is 38.5 Å². The van der Waals surface area contributed by atoms with E-state index in [1.54, 1.807) is 4.57 Å².